The van der Waals surface area contributed by atoms with Gasteiger partial charge in [0.15, 0.2) is 0 Å². The van der Waals surface area contributed by atoms with Crippen LogP contribution in [0.25, 0.3) is 11.3 Å². The Bertz CT molecular complexity index is 691. The Morgan fingerprint density at radius 1 is 1.15 bits per heavy atom. The van der Waals surface area contributed by atoms with E-state index >= 15 is 0 Å². The first kappa shape index (κ1) is 13.0. The minimum absolute atomic E-state index is 0.0497. The molecule has 0 saturated carbocycles. The number of amides is 1. The highest BCUT2D eigenvalue weighted by Crippen LogP contribution is 2.23. The molecule has 0 aliphatic carbocycles. The van der Waals surface area contributed by atoms with Crippen molar-refractivity contribution in [2.24, 2.45) is 0 Å². The van der Waals surface area contributed by atoms with Crippen molar-refractivity contribution in [2.45, 2.75) is 6.54 Å². The van der Waals surface area contributed by atoms with Crippen LogP contribution in [-0.2, 0) is 6.54 Å². The van der Waals surface area contributed by atoms with Gasteiger partial charge >= 0.3 is 0 Å². The fourth-order valence-corrected chi connectivity index (χ4v) is 3.19. The number of nitrogens with zero attached hydrogens (tertiary/aromatic N) is 1. The maximum absolute atomic E-state index is 12.0. The lowest BCUT2D eigenvalue weighted by atomic mass is 10.1. The maximum atomic E-state index is 12.0. The Labute approximate surface area is 124 Å². The molecule has 0 fully saturated rings. The number of pyridine rings is 1. The average molecular weight is 300 g/mol. The number of hydrogen-bond donors (Lipinski definition) is 1. The second-order valence-electron chi connectivity index (χ2n) is 4.22. The summed E-state index contributed by atoms with van der Waals surface area (Å²) >= 11 is 3.16. The molecule has 20 heavy (non-hydrogen) atoms. The van der Waals surface area contributed by atoms with E-state index in [-0.39, 0.29) is 5.91 Å². The van der Waals surface area contributed by atoms with Crippen molar-refractivity contribution in [1.29, 1.82) is 0 Å². The van der Waals surface area contributed by atoms with Gasteiger partial charge < -0.3 is 5.32 Å². The summed E-state index contributed by atoms with van der Waals surface area (Å²) in [5, 5.41) is 10.8. The number of carbonyl (C=O) groups excluding carboxylic acids is 1. The first-order valence-corrected chi connectivity index (χ1v) is 8.00. The van der Waals surface area contributed by atoms with Crippen LogP contribution in [0.5, 0.6) is 0 Å². The van der Waals surface area contributed by atoms with Crippen molar-refractivity contribution in [3.05, 3.63) is 63.1 Å². The molecule has 0 spiro atoms. The van der Waals surface area contributed by atoms with E-state index in [2.05, 4.69) is 15.7 Å². The molecule has 1 amide bonds. The van der Waals surface area contributed by atoms with Crippen LogP contribution < -0.4 is 5.32 Å². The van der Waals surface area contributed by atoms with Gasteiger partial charge in [-0.25, -0.2) is 0 Å². The van der Waals surface area contributed by atoms with Gasteiger partial charge in [-0.15, -0.1) is 0 Å². The lowest BCUT2D eigenvalue weighted by Gasteiger charge is -2.08. The number of carbonyl (C=O) groups is 1. The molecule has 100 valence electrons. The maximum Gasteiger partial charge on any atom is 0.252 e. The van der Waals surface area contributed by atoms with E-state index in [9.17, 15) is 4.79 Å². The van der Waals surface area contributed by atoms with Crippen LogP contribution in [0.2, 0.25) is 0 Å². The van der Waals surface area contributed by atoms with Gasteiger partial charge in [-0.3, -0.25) is 9.78 Å². The Morgan fingerprint density at radius 3 is 2.75 bits per heavy atom. The van der Waals surface area contributed by atoms with E-state index in [4.69, 9.17) is 0 Å². The highest BCUT2D eigenvalue weighted by molar-refractivity contribution is 7.08. The Morgan fingerprint density at radius 2 is 2.00 bits per heavy atom. The van der Waals surface area contributed by atoms with Crippen molar-refractivity contribution in [3.63, 3.8) is 0 Å². The molecular formula is C15H12N2OS2. The first-order valence-electron chi connectivity index (χ1n) is 6.11. The summed E-state index contributed by atoms with van der Waals surface area (Å²) in [5.41, 5.74) is 3.75. The molecule has 0 unspecified atom stereocenters. The molecule has 0 aliphatic heterocycles. The molecule has 0 aliphatic rings. The fourth-order valence-electron chi connectivity index (χ4n) is 1.91. The molecule has 3 nitrogen and oxygen atoms in total. The van der Waals surface area contributed by atoms with Gasteiger partial charge in [-0.2, -0.15) is 22.7 Å². The zero-order valence-corrected chi connectivity index (χ0v) is 12.2. The minimum atomic E-state index is -0.0497. The van der Waals surface area contributed by atoms with Gasteiger partial charge in [0, 0.05) is 34.6 Å². The SMILES string of the molecule is O=C(NCc1cccnc1-c1ccsc1)c1ccsc1. The van der Waals surface area contributed by atoms with Crippen molar-refractivity contribution in [3.8, 4) is 11.3 Å². The highest BCUT2D eigenvalue weighted by atomic mass is 32.1. The van der Waals surface area contributed by atoms with Crippen LogP contribution in [0.3, 0.4) is 0 Å². The summed E-state index contributed by atoms with van der Waals surface area (Å²) in [6.45, 7) is 0.480. The fraction of sp³-hybridized carbons (Fsp3) is 0.0667. The van der Waals surface area contributed by atoms with Gasteiger partial charge in [0.25, 0.3) is 5.91 Å². The van der Waals surface area contributed by atoms with Crippen molar-refractivity contribution in [2.75, 3.05) is 0 Å². The highest BCUT2D eigenvalue weighted by Gasteiger charge is 2.09. The topological polar surface area (TPSA) is 42.0 Å². The standard InChI is InChI=1S/C15H12N2OS2/c18-15(13-4-7-20-10-13)17-8-11-2-1-5-16-14(11)12-3-6-19-9-12/h1-7,9-10H,8H2,(H,17,18). The van der Waals surface area contributed by atoms with Gasteiger partial charge in [0.2, 0.25) is 0 Å². The van der Waals surface area contributed by atoms with Crippen LogP contribution in [0.15, 0.2) is 52.0 Å². The number of hydrogen-bond acceptors (Lipinski definition) is 4. The lowest BCUT2D eigenvalue weighted by molar-refractivity contribution is 0.0951. The minimum Gasteiger partial charge on any atom is -0.348 e. The summed E-state index contributed by atoms with van der Waals surface area (Å²) in [6.07, 6.45) is 1.77. The lowest BCUT2D eigenvalue weighted by Crippen LogP contribution is -2.22. The molecule has 3 rings (SSSR count). The van der Waals surface area contributed by atoms with Gasteiger partial charge in [0.1, 0.15) is 0 Å². The Balaban J connectivity index is 1.77. The summed E-state index contributed by atoms with van der Waals surface area (Å²) < 4.78 is 0. The molecule has 1 N–H and O–H groups in total. The molecule has 0 aromatic carbocycles. The van der Waals surface area contributed by atoms with Crippen LogP contribution in [0, 0.1) is 0 Å². The number of nitrogens with one attached hydrogen (secondary N) is 1. The smallest absolute Gasteiger partial charge is 0.252 e. The van der Waals surface area contributed by atoms with E-state index < -0.39 is 0 Å². The monoisotopic (exact) mass is 300 g/mol. The first-order chi connectivity index (χ1) is 9.84. The van der Waals surface area contributed by atoms with Crippen molar-refractivity contribution < 1.29 is 4.79 Å². The Kier molecular flexibility index (Phi) is 3.90. The molecule has 0 bridgehead atoms. The normalized spacial score (nSPS) is 10.4. The number of thiophene rings is 2. The molecule has 3 aromatic rings. The molecule has 0 saturated heterocycles. The van der Waals surface area contributed by atoms with Crippen LogP contribution in [-0.4, -0.2) is 10.9 Å². The molecule has 3 aromatic heterocycles. The van der Waals surface area contributed by atoms with Gasteiger partial charge in [-0.1, -0.05) is 6.07 Å². The Hall–Kier alpha value is -1.98. The predicted molar refractivity (Wildman–Crippen MR) is 83.0 cm³/mol. The molecule has 0 radical (unpaired) electrons. The molecule has 0 atom stereocenters. The van der Waals surface area contributed by atoms with E-state index in [1.807, 2.05) is 40.4 Å². The van der Waals surface area contributed by atoms with E-state index in [0.29, 0.717) is 12.1 Å². The third-order valence-electron chi connectivity index (χ3n) is 2.91. The molecule has 3 heterocycles. The van der Waals surface area contributed by atoms with Crippen molar-refractivity contribution >= 4 is 28.6 Å². The zero-order chi connectivity index (χ0) is 13.8. The van der Waals surface area contributed by atoms with E-state index in [1.54, 1.807) is 17.5 Å². The van der Waals surface area contributed by atoms with E-state index in [1.165, 1.54) is 11.3 Å². The largest absolute Gasteiger partial charge is 0.348 e. The van der Waals surface area contributed by atoms with Gasteiger partial charge in [0.05, 0.1) is 5.69 Å². The summed E-state index contributed by atoms with van der Waals surface area (Å²) in [7, 11) is 0. The van der Waals surface area contributed by atoms with Gasteiger partial charge in [-0.05, 0) is 34.5 Å². The quantitative estimate of drug-likeness (QED) is 0.796. The van der Waals surface area contributed by atoms with E-state index in [0.717, 1.165) is 16.8 Å². The summed E-state index contributed by atoms with van der Waals surface area (Å²) in [5.74, 6) is -0.0497. The summed E-state index contributed by atoms with van der Waals surface area (Å²) in [4.78, 5) is 16.4. The van der Waals surface area contributed by atoms with Crippen molar-refractivity contribution in [1.82, 2.24) is 10.3 Å². The van der Waals surface area contributed by atoms with Crippen LogP contribution in [0.1, 0.15) is 15.9 Å². The second kappa shape index (κ2) is 5.98. The summed E-state index contributed by atoms with van der Waals surface area (Å²) in [6, 6.07) is 7.75. The molecular weight excluding hydrogens is 288 g/mol. The third kappa shape index (κ3) is 2.79. The average Bonchev–Trinajstić information content (AvgIpc) is 3.17. The van der Waals surface area contributed by atoms with Crippen LogP contribution in [0.4, 0.5) is 0 Å². The zero-order valence-electron chi connectivity index (χ0n) is 10.6. The molecule has 5 heteroatoms. The van der Waals surface area contributed by atoms with Crippen LogP contribution >= 0.6 is 22.7 Å². The number of aromatic nitrogens is 1. The second-order valence-corrected chi connectivity index (χ2v) is 5.78. The number of rotatable bonds is 4. The predicted octanol–water partition coefficient (Wildman–Crippen LogP) is 3.80. The third-order valence-corrected chi connectivity index (χ3v) is 4.28.